The van der Waals surface area contributed by atoms with E-state index in [0.717, 1.165) is 33.2 Å². The van der Waals surface area contributed by atoms with Gasteiger partial charge in [0.1, 0.15) is 10.8 Å². The van der Waals surface area contributed by atoms with Crippen molar-refractivity contribution in [2.45, 2.75) is 13.0 Å². The summed E-state index contributed by atoms with van der Waals surface area (Å²) in [5, 5.41) is 5.86. The Morgan fingerprint density at radius 3 is 2.59 bits per heavy atom. The summed E-state index contributed by atoms with van der Waals surface area (Å²) < 4.78 is 5.21. The van der Waals surface area contributed by atoms with Gasteiger partial charge in [-0.1, -0.05) is 24.3 Å². The molecule has 0 fully saturated rings. The Kier molecular flexibility index (Phi) is 5.07. The van der Waals surface area contributed by atoms with Gasteiger partial charge in [0.25, 0.3) is 0 Å². The maximum atomic E-state index is 12.1. The number of rotatable bonds is 6. The number of benzene rings is 1. The Balaban J connectivity index is 1.39. The molecule has 3 aromatic heterocycles. The predicted octanol–water partition coefficient (Wildman–Crippen LogP) is 4.32. The molecule has 0 atom stereocenters. The molecule has 1 aromatic carbocycles. The summed E-state index contributed by atoms with van der Waals surface area (Å²) >= 11 is 1.61. The zero-order valence-corrected chi connectivity index (χ0v) is 15.3. The minimum absolute atomic E-state index is 0.0345. The molecular formula is C21H17N3O2S. The zero-order chi connectivity index (χ0) is 18.5. The smallest absolute Gasteiger partial charge is 0.224 e. The number of furan rings is 1. The second kappa shape index (κ2) is 7.97. The average molecular weight is 375 g/mol. The highest BCUT2D eigenvalue weighted by Gasteiger charge is 2.08. The van der Waals surface area contributed by atoms with Crippen molar-refractivity contribution in [2.24, 2.45) is 0 Å². The van der Waals surface area contributed by atoms with E-state index in [9.17, 15) is 4.79 Å². The van der Waals surface area contributed by atoms with Gasteiger partial charge in [-0.2, -0.15) is 0 Å². The second-order valence-corrected chi connectivity index (χ2v) is 6.86. The van der Waals surface area contributed by atoms with Gasteiger partial charge in [0, 0.05) is 28.9 Å². The molecule has 0 aliphatic carbocycles. The molecule has 1 amide bonds. The number of carbonyl (C=O) groups is 1. The fourth-order valence-electron chi connectivity index (χ4n) is 2.67. The molecule has 5 nitrogen and oxygen atoms in total. The Morgan fingerprint density at radius 2 is 1.85 bits per heavy atom. The van der Waals surface area contributed by atoms with Crippen LogP contribution < -0.4 is 5.32 Å². The third kappa shape index (κ3) is 4.30. The van der Waals surface area contributed by atoms with Crippen molar-refractivity contribution in [3.8, 4) is 21.8 Å². The molecule has 0 radical (unpaired) electrons. The van der Waals surface area contributed by atoms with E-state index in [1.54, 1.807) is 36.1 Å². The van der Waals surface area contributed by atoms with E-state index in [1.807, 2.05) is 47.8 Å². The molecule has 4 aromatic rings. The van der Waals surface area contributed by atoms with Crippen LogP contribution in [0.1, 0.15) is 11.3 Å². The molecule has 0 aliphatic heterocycles. The summed E-state index contributed by atoms with van der Waals surface area (Å²) in [6.07, 6.45) is 5.46. The normalized spacial score (nSPS) is 10.7. The van der Waals surface area contributed by atoms with E-state index in [2.05, 4.69) is 10.3 Å². The van der Waals surface area contributed by atoms with Gasteiger partial charge < -0.3 is 9.73 Å². The molecule has 1 N–H and O–H groups in total. The Labute approximate surface area is 160 Å². The van der Waals surface area contributed by atoms with Crippen LogP contribution in [-0.2, 0) is 17.8 Å². The quantitative estimate of drug-likeness (QED) is 0.545. The van der Waals surface area contributed by atoms with Gasteiger partial charge in [0.05, 0.1) is 24.9 Å². The maximum Gasteiger partial charge on any atom is 0.224 e. The van der Waals surface area contributed by atoms with E-state index < -0.39 is 0 Å². The van der Waals surface area contributed by atoms with Crippen LogP contribution in [0.5, 0.6) is 0 Å². The van der Waals surface area contributed by atoms with Crippen molar-refractivity contribution in [3.63, 3.8) is 0 Å². The minimum Gasteiger partial charge on any atom is -0.467 e. The van der Waals surface area contributed by atoms with Crippen molar-refractivity contribution < 1.29 is 9.21 Å². The van der Waals surface area contributed by atoms with Crippen molar-refractivity contribution in [1.29, 1.82) is 0 Å². The van der Waals surface area contributed by atoms with E-state index >= 15 is 0 Å². The number of hydrogen-bond donors (Lipinski definition) is 1. The second-order valence-electron chi connectivity index (χ2n) is 6.00. The monoisotopic (exact) mass is 375 g/mol. The molecule has 0 bridgehead atoms. The highest BCUT2D eigenvalue weighted by molar-refractivity contribution is 7.13. The third-order valence-electron chi connectivity index (χ3n) is 4.09. The van der Waals surface area contributed by atoms with Gasteiger partial charge in [-0.25, -0.2) is 4.98 Å². The lowest BCUT2D eigenvalue weighted by Gasteiger charge is -2.04. The van der Waals surface area contributed by atoms with Crippen LogP contribution in [0, 0.1) is 0 Å². The SMILES string of the molecule is O=C(Cc1ccc(-c2csc(-c3ccncc3)n2)cc1)NCc1ccco1. The van der Waals surface area contributed by atoms with Crippen molar-refractivity contribution >= 4 is 17.2 Å². The fourth-order valence-corrected chi connectivity index (χ4v) is 3.51. The molecule has 6 heteroatoms. The molecule has 134 valence electrons. The number of nitrogens with one attached hydrogen (secondary N) is 1. The number of nitrogens with zero attached hydrogens (tertiary/aromatic N) is 2. The lowest BCUT2D eigenvalue weighted by molar-refractivity contribution is -0.120. The molecule has 4 rings (SSSR count). The summed E-state index contributed by atoms with van der Waals surface area (Å²) in [6.45, 7) is 0.403. The first-order chi connectivity index (χ1) is 13.3. The number of thiazole rings is 1. The molecule has 3 heterocycles. The van der Waals surface area contributed by atoms with Gasteiger partial charge in [0.15, 0.2) is 0 Å². The van der Waals surface area contributed by atoms with Crippen LogP contribution in [0.3, 0.4) is 0 Å². The summed E-state index contributed by atoms with van der Waals surface area (Å²) in [7, 11) is 0. The molecule has 0 aliphatic rings. The maximum absolute atomic E-state index is 12.1. The number of amides is 1. The molecule has 0 unspecified atom stereocenters. The standard InChI is InChI=1S/C21H17N3O2S/c25-20(23-13-18-2-1-11-26-18)12-15-3-5-16(6-4-15)19-14-27-21(24-19)17-7-9-22-10-8-17/h1-11,14H,12-13H2,(H,23,25). The first-order valence-corrected chi connectivity index (χ1v) is 9.40. The van der Waals surface area contributed by atoms with Crippen molar-refractivity contribution in [3.05, 3.63) is 83.9 Å². The van der Waals surface area contributed by atoms with E-state index in [-0.39, 0.29) is 5.91 Å². The zero-order valence-electron chi connectivity index (χ0n) is 14.5. The highest BCUT2D eigenvalue weighted by Crippen LogP contribution is 2.28. The minimum atomic E-state index is -0.0345. The molecule has 27 heavy (non-hydrogen) atoms. The number of carbonyl (C=O) groups excluding carboxylic acids is 1. The number of pyridine rings is 1. The van der Waals surface area contributed by atoms with E-state index in [0.29, 0.717) is 13.0 Å². The third-order valence-corrected chi connectivity index (χ3v) is 4.98. The largest absolute Gasteiger partial charge is 0.467 e. The van der Waals surface area contributed by atoms with Crippen molar-refractivity contribution in [1.82, 2.24) is 15.3 Å². The molecular weight excluding hydrogens is 358 g/mol. The van der Waals surface area contributed by atoms with Gasteiger partial charge in [-0.05, 0) is 29.8 Å². The summed E-state index contributed by atoms with van der Waals surface area (Å²) in [6, 6.07) is 15.5. The van der Waals surface area contributed by atoms with E-state index in [4.69, 9.17) is 9.40 Å². The summed E-state index contributed by atoms with van der Waals surface area (Å²) in [5.41, 5.74) is 3.98. The van der Waals surface area contributed by atoms with Crippen molar-refractivity contribution in [2.75, 3.05) is 0 Å². The lowest BCUT2D eigenvalue weighted by atomic mass is 10.1. The first kappa shape index (κ1) is 17.2. The topological polar surface area (TPSA) is 68.0 Å². The van der Waals surface area contributed by atoms with Crippen LogP contribution in [0.25, 0.3) is 21.8 Å². The molecule has 0 saturated carbocycles. The Bertz CT molecular complexity index is 1010. The first-order valence-electron chi connectivity index (χ1n) is 8.52. The van der Waals surface area contributed by atoms with Gasteiger partial charge >= 0.3 is 0 Å². The Hall–Kier alpha value is -3.25. The predicted molar refractivity (Wildman–Crippen MR) is 105 cm³/mol. The van der Waals surface area contributed by atoms with Gasteiger partial charge in [-0.3, -0.25) is 9.78 Å². The number of hydrogen-bond acceptors (Lipinski definition) is 5. The average Bonchev–Trinajstić information content (AvgIpc) is 3.40. The molecule has 0 spiro atoms. The summed E-state index contributed by atoms with van der Waals surface area (Å²) in [4.78, 5) is 20.8. The van der Waals surface area contributed by atoms with Gasteiger partial charge in [0.2, 0.25) is 5.91 Å². The number of aromatic nitrogens is 2. The lowest BCUT2D eigenvalue weighted by Crippen LogP contribution is -2.24. The molecule has 0 saturated heterocycles. The van der Waals surface area contributed by atoms with Crippen LogP contribution in [0.2, 0.25) is 0 Å². The van der Waals surface area contributed by atoms with Gasteiger partial charge in [-0.15, -0.1) is 11.3 Å². The Morgan fingerprint density at radius 1 is 1.04 bits per heavy atom. The van der Waals surface area contributed by atoms with E-state index in [1.165, 1.54) is 0 Å². The van der Waals surface area contributed by atoms with Crippen LogP contribution in [-0.4, -0.2) is 15.9 Å². The summed E-state index contributed by atoms with van der Waals surface area (Å²) in [5.74, 6) is 0.708. The van der Waals surface area contributed by atoms with Crippen LogP contribution >= 0.6 is 11.3 Å². The highest BCUT2D eigenvalue weighted by atomic mass is 32.1. The fraction of sp³-hybridized carbons (Fsp3) is 0.0952. The van der Waals surface area contributed by atoms with Crippen LogP contribution in [0.15, 0.2) is 77.0 Å². The van der Waals surface area contributed by atoms with Crippen LogP contribution in [0.4, 0.5) is 0 Å².